The minimum Gasteiger partial charge on any atom is -0.456 e. The van der Waals surface area contributed by atoms with Crippen LogP contribution in [0.5, 0.6) is 11.5 Å². The zero-order valence-corrected chi connectivity index (χ0v) is 16.3. The normalized spacial score (nSPS) is 10.5. The Morgan fingerprint density at radius 1 is 0.444 bits per heavy atom. The molecule has 0 saturated heterocycles. The van der Waals surface area contributed by atoms with Crippen molar-refractivity contribution in [2.45, 2.75) is 19.6 Å². The summed E-state index contributed by atoms with van der Waals surface area (Å²) in [4.78, 5) is 4.79. The van der Waals surface area contributed by atoms with E-state index in [0.29, 0.717) is 0 Å². The van der Waals surface area contributed by atoms with E-state index >= 15 is 0 Å². The van der Waals surface area contributed by atoms with Crippen LogP contribution in [-0.2, 0) is 0 Å². The number of para-hydroxylation sites is 2. The number of hydrogen-bond donors (Lipinski definition) is 0. The van der Waals surface area contributed by atoms with Crippen molar-refractivity contribution in [1.29, 1.82) is 0 Å². The molecule has 0 aliphatic carbocycles. The van der Waals surface area contributed by atoms with E-state index in [2.05, 4.69) is 54.6 Å². The van der Waals surface area contributed by atoms with E-state index in [1.807, 2.05) is 54.6 Å². The molecule has 0 amide bonds. The number of ether oxygens (including phenoxy) is 1. The Morgan fingerprint density at radius 3 is 1.67 bits per heavy atom. The number of hydrogen-bond acceptors (Lipinski definition) is 3. The van der Waals surface area contributed by atoms with Crippen LogP contribution in [0.2, 0.25) is 0 Å². The molecule has 0 radical (unpaired) electrons. The summed E-state index contributed by atoms with van der Waals surface area (Å²) in [6.07, 6.45) is 0. The van der Waals surface area contributed by atoms with E-state index in [4.69, 9.17) is 4.74 Å². The largest absolute Gasteiger partial charge is 0.456 e. The van der Waals surface area contributed by atoms with Crippen LogP contribution in [0.25, 0.3) is 0 Å². The van der Waals surface area contributed by atoms with Gasteiger partial charge in [0.15, 0.2) is 0 Å². The van der Waals surface area contributed by atoms with Gasteiger partial charge in [-0.2, -0.15) is 0 Å². The fraction of sp³-hybridized carbons (Fsp3) is 0. The predicted octanol–water partition coefficient (Wildman–Crippen LogP) is 7.78. The molecule has 0 bridgehead atoms. The van der Waals surface area contributed by atoms with Crippen LogP contribution in [0, 0.1) is 0 Å². The summed E-state index contributed by atoms with van der Waals surface area (Å²) in [7, 11) is 0. The Hall–Kier alpha value is -2.62. The molecule has 4 aromatic carbocycles. The van der Waals surface area contributed by atoms with Crippen molar-refractivity contribution in [2.24, 2.45) is 0 Å². The predicted molar refractivity (Wildman–Crippen MR) is 114 cm³/mol. The lowest BCUT2D eigenvalue weighted by atomic mass is 10.3. The van der Waals surface area contributed by atoms with Crippen LogP contribution in [0.1, 0.15) is 0 Å². The molecule has 0 unspecified atom stereocenters. The second-order valence-electron chi connectivity index (χ2n) is 5.83. The number of benzene rings is 4. The Bertz CT molecular complexity index is 918. The van der Waals surface area contributed by atoms with Crippen molar-refractivity contribution in [3.8, 4) is 11.5 Å². The van der Waals surface area contributed by atoms with Crippen LogP contribution < -0.4 is 4.74 Å². The summed E-state index contributed by atoms with van der Waals surface area (Å²) in [5.41, 5.74) is 0. The first-order valence-electron chi connectivity index (χ1n) is 8.70. The summed E-state index contributed by atoms with van der Waals surface area (Å²) >= 11 is 3.52. The van der Waals surface area contributed by atoms with Gasteiger partial charge in [-0.25, -0.2) is 0 Å². The highest BCUT2D eigenvalue weighted by atomic mass is 32.2. The third kappa shape index (κ3) is 4.76. The molecule has 0 spiro atoms. The van der Waals surface area contributed by atoms with Crippen molar-refractivity contribution in [3.63, 3.8) is 0 Å². The summed E-state index contributed by atoms with van der Waals surface area (Å²) in [6.45, 7) is 0. The first-order chi connectivity index (χ1) is 13.4. The molecule has 0 atom stereocenters. The lowest BCUT2D eigenvalue weighted by molar-refractivity contribution is 0.471. The summed E-state index contributed by atoms with van der Waals surface area (Å²) in [5, 5.41) is 0. The molecule has 0 aliphatic rings. The molecule has 4 rings (SSSR count). The minimum absolute atomic E-state index is 0.845. The second-order valence-corrected chi connectivity index (χ2v) is 8.02. The van der Waals surface area contributed by atoms with Gasteiger partial charge in [-0.15, -0.1) is 0 Å². The highest BCUT2D eigenvalue weighted by Gasteiger charge is 2.10. The summed E-state index contributed by atoms with van der Waals surface area (Å²) in [5.74, 6) is 1.71. The van der Waals surface area contributed by atoms with Crippen molar-refractivity contribution in [1.82, 2.24) is 0 Å². The Balaban J connectivity index is 1.60. The zero-order valence-electron chi connectivity index (χ0n) is 14.6. The smallest absolute Gasteiger partial charge is 0.141 e. The van der Waals surface area contributed by atoms with Gasteiger partial charge in [-0.05, 0) is 48.5 Å². The topological polar surface area (TPSA) is 9.23 Å². The molecule has 1 nitrogen and oxygen atoms in total. The molecule has 0 fully saturated rings. The van der Waals surface area contributed by atoms with Crippen molar-refractivity contribution in [3.05, 3.63) is 109 Å². The van der Waals surface area contributed by atoms with Gasteiger partial charge in [-0.3, -0.25) is 0 Å². The molecule has 0 saturated carbocycles. The highest BCUT2D eigenvalue weighted by Crippen LogP contribution is 2.42. The fourth-order valence-electron chi connectivity index (χ4n) is 2.59. The minimum atomic E-state index is 0.845. The van der Waals surface area contributed by atoms with Gasteiger partial charge in [0.25, 0.3) is 0 Å². The molecule has 0 aromatic heterocycles. The lowest BCUT2D eigenvalue weighted by Gasteiger charge is -2.13. The summed E-state index contributed by atoms with van der Waals surface area (Å²) < 4.78 is 6.11. The maximum Gasteiger partial charge on any atom is 0.141 e. The van der Waals surface area contributed by atoms with E-state index in [-0.39, 0.29) is 0 Å². The molecule has 132 valence electrons. The third-order valence-corrected chi connectivity index (χ3v) is 6.21. The maximum atomic E-state index is 6.11. The van der Waals surface area contributed by atoms with E-state index in [9.17, 15) is 0 Å². The van der Waals surface area contributed by atoms with E-state index in [0.717, 1.165) is 16.4 Å². The van der Waals surface area contributed by atoms with Crippen LogP contribution in [0.15, 0.2) is 129 Å². The van der Waals surface area contributed by atoms with Gasteiger partial charge in [0.1, 0.15) is 11.5 Å². The molecule has 4 aromatic rings. The van der Waals surface area contributed by atoms with Gasteiger partial charge in [0.2, 0.25) is 0 Å². The van der Waals surface area contributed by atoms with Gasteiger partial charge < -0.3 is 4.74 Å². The molecule has 0 N–H and O–H groups in total. The van der Waals surface area contributed by atoms with E-state index in [1.165, 1.54) is 14.7 Å². The van der Waals surface area contributed by atoms with Crippen LogP contribution in [0.3, 0.4) is 0 Å². The van der Waals surface area contributed by atoms with E-state index < -0.39 is 0 Å². The van der Waals surface area contributed by atoms with Gasteiger partial charge in [-0.1, -0.05) is 84.2 Å². The second kappa shape index (κ2) is 8.85. The Kier molecular flexibility index (Phi) is 5.83. The quantitative estimate of drug-likeness (QED) is 0.335. The average molecular weight is 387 g/mol. The lowest BCUT2D eigenvalue weighted by Crippen LogP contribution is -1.87. The zero-order chi connectivity index (χ0) is 18.3. The van der Waals surface area contributed by atoms with Gasteiger partial charge in [0, 0.05) is 14.7 Å². The standard InChI is InChI=1S/C24H18OS2/c1-3-11-19(12-4-1)25-21-15-7-8-16-22(21)27-24-18-10-9-17-23(24)26-20-13-5-2-6-14-20/h1-18H. The SMILES string of the molecule is c1ccc(Oc2ccccc2Sc2ccccc2Sc2ccccc2)cc1. The first-order valence-corrected chi connectivity index (χ1v) is 10.3. The van der Waals surface area contributed by atoms with E-state index in [1.54, 1.807) is 23.5 Å². The molecular formula is C24H18OS2. The van der Waals surface area contributed by atoms with Crippen molar-refractivity contribution < 1.29 is 4.74 Å². The van der Waals surface area contributed by atoms with Crippen molar-refractivity contribution >= 4 is 23.5 Å². The molecule has 27 heavy (non-hydrogen) atoms. The monoisotopic (exact) mass is 386 g/mol. The van der Waals surface area contributed by atoms with Crippen LogP contribution in [-0.4, -0.2) is 0 Å². The Morgan fingerprint density at radius 2 is 0.963 bits per heavy atom. The van der Waals surface area contributed by atoms with Gasteiger partial charge >= 0.3 is 0 Å². The van der Waals surface area contributed by atoms with Gasteiger partial charge in [0.05, 0.1) is 4.90 Å². The maximum absolute atomic E-state index is 6.11. The fourth-order valence-corrected chi connectivity index (χ4v) is 4.61. The number of rotatable bonds is 6. The highest BCUT2D eigenvalue weighted by molar-refractivity contribution is 8.02. The molecule has 3 heteroatoms. The van der Waals surface area contributed by atoms with Crippen LogP contribution >= 0.6 is 23.5 Å². The molecule has 0 aliphatic heterocycles. The van der Waals surface area contributed by atoms with Crippen LogP contribution in [0.4, 0.5) is 0 Å². The average Bonchev–Trinajstić information content (AvgIpc) is 2.72. The summed E-state index contributed by atoms with van der Waals surface area (Å²) in [6, 6.07) is 37.0. The third-order valence-electron chi connectivity index (χ3n) is 3.86. The molecule has 0 heterocycles. The van der Waals surface area contributed by atoms with Crippen molar-refractivity contribution in [2.75, 3.05) is 0 Å². The molecular weight excluding hydrogens is 368 g/mol. The Labute approximate surface area is 168 Å². The first kappa shape index (κ1) is 17.8.